The number of para-hydroxylation sites is 2. The molecule has 0 unspecified atom stereocenters. The van der Waals surface area contributed by atoms with Crippen molar-refractivity contribution in [3.05, 3.63) is 48.5 Å². The first-order valence-corrected chi connectivity index (χ1v) is 6.46. The Labute approximate surface area is 116 Å². The van der Waals surface area contributed by atoms with Gasteiger partial charge in [0.15, 0.2) is 5.11 Å². The van der Waals surface area contributed by atoms with Crippen LogP contribution in [0.3, 0.4) is 0 Å². The number of pyridine rings is 1. The summed E-state index contributed by atoms with van der Waals surface area (Å²) in [7, 11) is 1.81. The number of anilines is 1. The van der Waals surface area contributed by atoms with Gasteiger partial charge in [0.1, 0.15) is 0 Å². The number of thiocarbonyl (C=S) groups is 1. The van der Waals surface area contributed by atoms with Gasteiger partial charge in [-0.1, -0.05) is 36.4 Å². The smallest absolute Gasteiger partial charge is 0.170 e. The van der Waals surface area contributed by atoms with E-state index in [-0.39, 0.29) is 0 Å². The van der Waals surface area contributed by atoms with E-state index in [4.69, 9.17) is 12.2 Å². The van der Waals surface area contributed by atoms with Crippen LogP contribution in [-0.4, -0.2) is 17.1 Å². The summed E-state index contributed by atoms with van der Waals surface area (Å²) in [5, 5.41) is 8.94. The van der Waals surface area contributed by atoms with Crippen LogP contribution in [0.2, 0.25) is 0 Å². The zero-order chi connectivity index (χ0) is 13.2. The minimum absolute atomic E-state index is 0.599. The molecule has 94 valence electrons. The van der Waals surface area contributed by atoms with E-state index in [0.717, 1.165) is 27.5 Å². The molecular formula is C15H13N3S. The van der Waals surface area contributed by atoms with Crippen molar-refractivity contribution in [3.8, 4) is 0 Å². The van der Waals surface area contributed by atoms with Crippen molar-refractivity contribution in [1.29, 1.82) is 0 Å². The molecule has 0 atom stereocenters. The number of aromatic nitrogens is 1. The molecule has 4 heteroatoms. The van der Waals surface area contributed by atoms with E-state index in [0.29, 0.717) is 5.11 Å². The topological polar surface area (TPSA) is 37.0 Å². The van der Waals surface area contributed by atoms with Crippen molar-refractivity contribution >= 4 is 44.8 Å². The second-order valence-electron chi connectivity index (χ2n) is 4.23. The monoisotopic (exact) mass is 267 g/mol. The molecule has 2 N–H and O–H groups in total. The van der Waals surface area contributed by atoms with Crippen molar-refractivity contribution in [1.82, 2.24) is 10.3 Å². The Morgan fingerprint density at radius 3 is 2.00 bits per heavy atom. The highest BCUT2D eigenvalue weighted by Gasteiger charge is 2.08. The third-order valence-electron chi connectivity index (χ3n) is 3.05. The molecule has 0 saturated heterocycles. The summed E-state index contributed by atoms with van der Waals surface area (Å²) >= 11 is 5.22. The maximum absolute atomic E-state index is 5.22. The largest absolute Gasteiger partial charge is 0.366 e. The van der Waals surface area contributed by atoms with Crippen LogP contribution in [0.25, 0.3) is 21.8 Å². The van der Waals surface area contributed by atoms with Crippen molar-refractivity contribution in [2.24, 2.45) is 0 Å². The summed E-state index contributed by atoms with van der Waals surface area (Å²) in [5.41, 5.74) is 2.92. The number of fused-ring (bicyclic) bond motifs is 2. The molecule has 0 fully saturated rings. The Balaban J connectivity index is 2.36. The number of benzene rings is 2. The molecule has 0 aliphatic carbocycles. The van der Waals surface area contributed by atoms with Crippen molar-refractivity contribution in [2.45, 2.75) is 0 Å². The molecule has 3 rings (SSSR count). The molecule has 0 saturated carbocycles. The number of nitrogens with one attached hydrogen (secondary N) is 2. The maximum atomic E-state index is 5.22. The first-order chi connectivity index (χ1) is 9.29. The van der Waals surface area contributed by atoms with Gasteiger partial charge in [-0.25, -0.2) is 4.98 Å². The number of hydrogen-bond donors (Lipinski definition) is 2. The summed E-state index contributed by atoms with van der Waals surface area (Å²) < 4.78 is 0. The molecule has 0 aliphatic rings. The highest BCUT2D eigenvalue weighted by Crippen LogP contribution is 2.30. The molecule has 1 heterocycles. The molecule has 0 radical (unpaired) electrons. The van der Waals surface area contributed by atoms with Crippen LogP contribution in [0.4, 0.5) is 5.69 Å². The lowest BCUT2D eigenvalue weighted by atomic mass is 10.1. The SMILES string of the molecule is CNC(=S)Nc1c2ccccc2nc2ccccc12. The second kappa shape index (κ2) is 4.82. The van der Waals surface area contributed by atoms with Crippen LogP contribution < -0.4 is 10.6 Å². The quantitative estimate of drug-likeness (QED) is 0.524. The Hall–Kier alpha value is -2.20. The average Bonchev–Trinajstić information content (AvgIpc) is 2.46. The van der Waals surface area contributed by atoms with E-state index in [1.165, 1.54) is 0 Å². The highest BCUT2D eigenvalue weighted by atomic mass is 32.1. The number of hydrogen-bond acceptors (Lipinski definition) is 2. The van der Waals surface area contributed by atoms with Crippen LogP contribution in [0.1, 0.15) is 0 Å². The Kier molecular flexibility index (Phi) is 3.01. The van der Waals surface area contributed by atoms with E-state index in [9.17, 15) is 0 Å². The zero-order valence-electron chi connectivity index (χ0n) is 10.5. The van der Waals surface area contributed by atoms with E-state index >= 15 is 0 Å². The van der Waals surface area contributed by atoms with E-state index in [2.05, 4.69) is 27.8 Å². The molecule has 0 aliphatic heterocycles. The zero-order valence-corrected chi connectivity index (χ0v) is 11.3. The Bertz CT molecular complexity index is 714. The van der Waals surface area contributed by atoms with Gasteiger partial charge in [0.05, 0.1) is 16.7 Å². The summed E-state index contributed by atoms with van der Waals surface area (Å²) in [6.07, 6.45) is 0. The van der Waals surface area contributed by atoms with Crippen LogP contribution >= 0.6 is 12.2 Å². The van der Waals surface area contributed by atoms with Gasteiger partial charge in [-0.05, 0) is 24.4 Å². The fraction of sp³-hybridized carbons (Fsp3) is 0.0667. The van der Waals surface area contributed by atoms with Crippen molar-refractivity contribution < 1.29 is 0 Å². The van der Waals surface area contributed by atoms with Gasteiger partial charge in [-0.15, -0.1) is 0 Å². The van der Waals surface area contributed by atoms with Crippen LogP contribution in [0, 0.1) is 0 Å². The molecular weight excluding hydrogens is 254 g/mol. The molecule has 0 bridgehead atoms. The molecule has 3 nitrogen and oxygen atoms in total. The van der Waals surface area contributed by atoms with Crippen molar-refractivity contribution in [2.75, 3.05) is 12.4 Å². The predicted octanol–water partition coefficient (Wildman–Crippen LogP) is 3.30. The van der Waals surface area contributed by atoms with Gasteiger partial charge in [-0.3, -0.25) is 0 Å². The van der Waals surface area contributed by atoms with Gasteiger partial charge in [-0.2, -0.15) is 0 Å². The van der Waals surface area contributed by atoms with Gasteiger partial charge >= 0.3 is 0 Å². The summed E-state index contributed by atoms with van der Waals surface area (Å²) in [5.74, 6) is 0. The average molecular weight is 267 g/mol. The second-order valence-corrected chi connectivity index (χ2v) is 4.63. The third-order valence-corrected chi connectivity index (χ3v) is 3.36. The minimum atomic E-state index is 0.599. The lowest BCUT2D eigenvalue weighted by Gasteiger charge is -2.13. The highest BCUT2D eigenvalue weighted by molar-refractivity contribution is 7.80. The van der Waals surface area contributed by atoms with Crippen LogP contribution in [0.15, 0.2) is 48.5 Å². The van der Waals surface area contributed by atoms with Crippen molar-refractivity contribution in [3.63, 3.8) is 0 Å². The standard InChI is InChI=1S/C15H13N3S/c1-16-15(19)18-14-10-6-2-4-8-12(10)17-13-9-5-3-7-11(13)14/h2-9H,1H3,(H2,16,17,18,19). The lowest BCUT2D eigenvalue weighted by Crippen LogP contribution is -2.24. The van der Waals surface area contributed by atoms with E-state index in [1.807, 2.05) is 36.4 Å². The molecule has 1 aromatic heterocycles. The molecule has 2 aromatic carbocycles. The van der Waals surface area contributed by atoms with Crippen LogP contribution in [0.5, 0.6) is 0 Å². The Morgan fingerprint density at radius 2 is 1.47 bits per heavy atom. The maximum Gasteiger partial charge on any atom is 0.170 e. The van der Waals surface area contributed by atoms with Gasteiger partial charge < -0.3 is 10.6 Å². The Morgan fingerprint density at radius 1 is 0.947 bits per heavy atom. The summed E-state index contributed by atoms with van der Waals surface area (Å²) in [4.78, 5) is 4.67. The number of rotatable bonds is 1. The summed E-state index contributed by atoms with van der Waals surface area (Å²) in [6, 6.07) is 16.1. The van der Waals surface area contributed by atoms with Gasteiger partial charge in [0.2, 0.25) is 0 Å². The van der Waals surface area contributed by atoms with Gasteiger partial charge in [0, 0.05) is 17.8 Å². The predicted molar refractivity (Wildman–Crippen MR) is 84.5 cm³/mol. The first kappa shape index (κ1) is 11.9. The fourth-order valence-corrected chi connectivity index (χ4v) is 2.25. The molecule has 19 heavy (non-hydrogen) atoms. The molecule has 3 aromatic rings. The molecule has 0 spiro atoms. The van der Waals surface area contributed by atoms with Gasteiger partial charge in [0.25, 0.3) is 0 Å². The third kappa shape index (κ3) is 2.11. The normalized spacial score (nSPS) is 10.6. The molecule has 0 amide bonds. The first-order valence-electron chi connectivity index (χ1n) is 6.06. The lowest BCUT2D eigenvalue weighted by molar-refractivity contribution is 1.20. The van der Waals surface area contributed by atoms with E-state index < -0.39 is 0 Å². The summed E-state index contributed by atoms with van der Waals surface area (Å²) in [6.45, 7) is 0. The van der Waals surface area contributed by atoms with E-state index in [1.54, 1.807) is 7.05 Å². The minimum Gasteiger partial charge on any atom is -0.366 e. The van der Waals surface area contributed by atoms with Crippen LogP contribution in [-0.2, 0) is 0 Å². The fourth-order valence-electron chi connectivity index (χ4n) is 2.15. The number of nitrogens with zero attached hydrogens (tertiary/aromatic N) is 1.